The number of nitrogens with one attached hydrogen (secondary N) is 2. The summed E-state index contributed by atoms with van der Waals surface area (Å²) in [5.74, 6) is 1.80. The maximum atomic E-state index is 12.0. The third kappa shape index (κ3) is 5.42. The number of aliphatic hydroxyl groups is 1. The van der Waals surface area contributed by atoms with Crippen LogP contribution in [0.25, 0.3) is 32.7 Å². The number of urea groups is 1. The first-order chi connectivity index (χ1) is 18.2. The fraction of sp³-hybridized carbons (Fsp3) is 0.385. The molecule has 1 fully saturated rings. The molecule has 198 valence electrons. The fourth-order valence-corrected chi connectivity index (χ4v) is 5.27. The molecule has 1 saturated heterocycles. The predicted molar refractivity (Wildman–Crippen MR) is 149 cm³/mol. The van der Waals surface area contributed by atoms with Gasteiger partial charge >= 0.3 is 6.03 Å². The van der Waals surface area contributed by atoms with E-state index in [1.165, 1.54) is 11.3 Å². The Balaban J connectivity index is 1.58. The summed E-state index contributed by atoms with van der Waals surface area (Å²) >= 11 is 1.37. The standard InChI is InChI=1S/C26H31N9O2S/c1-5-34-8-10-35(11-9-34)20-6-7-28-22(32-20)18-12-16(17-14-29-23(30-15-17)26(2,3)37)13-19-21(18)38-25(31-19)33-24(36)27-4/h6-7,12-15,37H,5,8-11H2,1-4H3,(H2,27,31,33,36). The van der Waals surface area contributed by atoms with Crippen LogP contribution in [-0.4, -0.2) is 80.7 Å². The molecule has 0 radical (unpaired) electrons. The van der Waals surface area contributed by atoms with Gasteiger partial charge in [-0.1, -0.05) is 18.3 Å². The fourth-order valence-electron chi connectivity index (χ4n) is 4.32. The molecule has 1 aromatic carbocycles. The van der Waals surface area contributed by atoms with E-state index in [9.17, 15) is 9.90 Å². The molecule has 0 aliphatic carbocycles. The molecule has 3 aromatic heterocycles. The molecule has 4 heterocycles. The number of thiazole rings is 1. The van der Waals surface area contributed by atoms with Gasteiger partial charge in [-0.25, -0.2) is 29.7 Å². The first-order valence-electron chi connectivity index (χ1n) is 12.5. The number of nitrogens with zero attached hydrogens (tertiary/aromatic N) is 7. The summed E-state index contributed by atoms with van der Waals surface area (Å²) in [6.07, 6.45) is 5.16. The van der Waals surface area contributed by atoms with Crippen LogP contribution in [-0.2, 0) is 5.60 Å². The maximum Gasteiger partial charge on any atom is 0.320 e. The van der Waals surface area contributed by atoms with Crippen LogP contribution < -0.4 is 15.5 Å². The van der Waals surface area contributed by atoms with Gasteiger partial charge in [0.15, 0.2) is 16.8 Å². The van der Waals surface area contributed by atoms with Gasteiger partial charge in [-0.2, -0.15) is 0 Å². The average Bonchev–Trinajstić information content (AvgIpc) is 3.34. The molecule has 5 rings (SSSR count). The maximum absolute atomic E-state index is 12.0. The topological polar surface area (TPSA) is 132 Å². The summed E-state index contributed by atoms with van der Waals surface area (Å²) in [6, 6.07) is 5.54. The highest BCUT2D eigenvalue weighted by Gasteiger charge is 2.22. The van der Waals surface area contributed by atoms with Crippen molar-refractivity contribution in [1.82, 2.24) is 35.1 Å². The molecule has 0 unspecified atom stereocenters. The minimum atomic E-state index is -1.14. The molecular formula is C26H31N9O2S. The van der Waals surface area contributed by atoms with Gasteiger partial charge in [-0.05, 0) is 44.2 Å². The Bertz CT molecular complexity index is 1440. The van der Waals surface area contributed by atoms with E-state index >= 15 is 0 Å². The second-order valence-electron chi connectivity index (χ2n) is 9.61. The minimum Gasteiger partial charge on any atom is -0.382 e. The number of piperazine rings is 1. The van der Waals surface area contributed by atoms with Gasteiger partial charge in [0.2, 0.25) is 0 Å². The summed E-state index contributed by atoms with van der Waals surface area (Å²) in [5.41, 5.74) is 1.96. The van der Waals surface area contributed by atoms with E-state index in [1.54, 1.807) is 39.5 Å². The van der Waals surface area contributed by atoms with Gasteiger partial charge in [0, 0.05) is 62.9 Å². The van der Waals surface area contributed by atoms with Gasteiger partial charge in [0.05, 0.1) is 10.2 Å². The van der Waals surface area contributed by atoms with Crippen molar-refractivity contribution in [1.29, 1.82) is 0 Å². The molecule has 3 N–H and O–H groups in total. The number of fused-ring (bicyclic) bond motifs is 1. The van der Waals surface area contributed by atoms with Crippen LogP contribution in [0.5, 0.6) is 0 Å². The van der Waals surface area contributed by atoms with Crippen molar-refractivity contribution in [3.8, 4) is 22.5 Å². The molecule has 1 aliphatic heterocycles. The van der Waals surface area contributed by atoms with Crippen molar-refractivity contribution >= 4 is 38.5 Å². The smallest absolute Gasteiger partial charge is 0.320 e. The predicted octanol–water partition coefficient (Wildman–Crippen LogP) is 3.33. The highest BCUT2D eigenvalue weighted by molar-refractivity contribution is 7.22. The third-order valence-corrected chi connectivity index (χ3v) is 7.52. The van der Waals surface area contributed by atoms with Crippen molar-refractivity contribution in [2.75, 3.05) is 50.0 Å². The number of carbonyl (C=O) groups excluding carboxylic acids is 1. The van der Waals surface area contributed by atoms with Crippen LogP contribution in [0, 0.1) is 0 Å². The van der Waals surface area contributed by atoms with Gasteiger partial charge in [0.25, 0.3) is 0 Å². The van der Waals surface area contributed by atoms with E-state index < -0.39 is 5.60 Å². The molecule has 38 heavy (non-hydrogen) atoms. The molecule has 2 amide bonds. The number of hydrogen-bond acceptors (Lipinski definition) is 10. The lowest BCUT2D eigenvalue weighted by molar-refractivity contribution is 0.0687. The molecule has 0 spiro atoms. The molecule has 4 aromatic rings. The van der Waals surface area contributed by atoms with Crippen LogP contribution in [0.3, 0.4) is 0 Å². The lowest BCUT2D eigenvalue weighted by Crippen LogP contribution is -2.46. The summed E-state index contributed by atoms with van der Waals surface area (Å²) in [5, 5.41) is 16.0. The number of rotatable bonds is 6. The van der Waals surface area contributed by atoms with Crippen molar-refractivity contribution in [2.45, 2.75) is 26.4 Å². The Hall–Kier alpha value is -3.74. The summed E-state index contributed by atoms with van der Waals surface area (Å²) in [6.45, 7) is 10.3. The molecule has 1 aliphatic rings. The highest BCUT2D eigenvalue weighted by atomic mass is 32.1. The summed E-state index contributed by atoms with van der Waals surface area (Å²) in [7, 11) is 1.56. The Morgan fingerprint density at radius 2 is 1.82 bits per heavy atom. The van der Waals surface area contributed by atoms with Gasteiger partial charge < -0.3 is 20.2 Å². The van der Waals surface area contributed by atoms with Crippen molar-refractivity contribution in [3.05, 3.63) is 42.6 Å². The average molecular weight is 534 g/mol. The highest BCUT2D eigenvalue weighted by Crippen LogP contribution is 2.38. The number of carbonyl (C=O) groups is 1. The Labute approximate surface area is 225 Å². The van der Waals surface area contributed by atoms with Gasteiger partial charge in [-0.3, -0.25) is 5.32 Å². The first-order valence-corrected chi connectivity index (χ1v) is 13.4. The molecule has 0 atom stereocenters. The molecule has 0 saturated carbocycles. The molecular weight excluding hydrogens is 502 g/mol. The third-order valence-electron chi connectivity index (χ3n) is 6.50. The monoisotopic (exact) mass is 533 g/mol. The lowest BCUT2D eigenvalue weighted by Gasteiger charge is -2.34. The number of benzene rings is 1. The zero-order chi connectivity index (χ0) is 26.9. The van der Waals surface area contributed by atoms with Gasteiger partial charge in [-0.15, -0.1) is 0 Å². The van der Waals surface area contributed by atoms with Crippen LogP contribution in [0.1, 0.15) is 26.6 Å². The van der Waals surface area contributed by atoms with E-state index in [2.05, 4.69) is 47.3 Å². The minimum absolute atomic E-state index is 0.340. The lowest BCUT2D eigenvalue weighted by atomic mass is 10.0. The zero-order valence-electron chi connectivity index (χ0n) is 21.9. The SMILES string of the molecule is CCN1CCN(c2ccnc(-c3cc(-c4cnc(C(C)(C)O)nc4)cc4nc(NC(=O)NC)sc34)n2)CC1. The van der Waals surface area contributed by atoms with Crippen LogP contribution >= 0.6 is 11.3 Å². The van der Waals surface area contributed by atoms with Crippen LogP contribution in [0.4, 0.5) is 15.7 Å². The van der Waals surface area contributed by atoms with E-state index in [0.29, 0.717) is 22.3 Å². The van der Waals surface area contributed by atoms with Crippen LogP contribution in [0.15, 0.2) is 36.8 Å². The molecule has 0 bridgehead atoms. The number of likely N-dealkylation sites (N-methyl/N-ethyl adjacent to an activating group) is 1. The number of amides is 2. The molecule has 12 heteroatoms. The number of anilines is 2. The second-order valence-corrected chi connectivity index (χ2v) is 10.6. The van der Waals surface area contributed by atoms with E-state index in [0.717, 1.165) is 59.9 Å². The van der Waals surface area contributed by atoms with Crippen molar-refractivity contribution in [2.24, 2.45) is 0 Å². The Morgan fingerprint density at radius 1 is 1.08 bits per heavy atom. The summed E-state index contributed by atoms with van der Waals surface area (Å²) in [4.78, 5) is 39.6. The van der Waals surface area contributed by atoms with E-state index in [4.69, 9.17) is 4.98 Å². The first kappa shape index (κ1) is 25.9. The van der Waals surface area contributed by atoms with E-state index in [-0.39, 0.29) is 6.03 Å². The zero-order valence-corrected chi connectivity index (χ0v) is 22.7. The summed E-state index contributed by atoms with van der Waals surface area (Å²) < 4.78 is 0.863. The normalized spacial score (nSPS) is 14.6. The quantitative estimate of drug-likeness (QED) is 0.341. The molecule has 11 nitrogen and oxygen atoms in total. The largest absolute Gasteiger partial charge is 0.382 e. The van der Waals surface area contributed by atoms with Gasteiger partial charge in [0.1, 0.15) is 11.4 Å². The van der Waals surface area contributed by atoms with E-state index in [1.807, 2.05) is 18.2 Å². The van der Waals surface area contributed by atoms with Crippen LogP contribution in [0.2, 0.25) is 0 Å². The Morgan fingerprint density at radius 3 is 2.47 bits per heavy atom. The second kappa shape index (κ2) is 10.6. The van der Waals surface area contributed by atoms with Crippen molar-refractivity contribution < 1.29 is 9.90 Å². The number of hydrogen-bond donors (Lipinski definition) is 3. The Kier molecular flexibility index (Phi) is 7.19. The number of aromatic nitrogens is 5. The van der Waals surface area contributed by atoms with Crippen molar-refractivity contribution in [3.63, 3.8) is 0 Å².